The summed E-state index contributed by atoms with van der Waals surface area (Å²) in [6, 6.07) is 4.38. The Morgan fingerprint density at radius 3 is 2.60 bits per heavy atom. The van der Waals surface area contributed by atoms with Gasteiger partial charge in [-0.25, -0.2) is 18.1 Å². The van der Waals surface area contributed by atoms with Crippen LogP contribution in [-0.2, 0) is 14.8 Å². The number of pyridine rings is 1. The van der Waals surface area contributed by atoms with Gasteiger partial charge in [-0.05, 0) is 32.4 Å². The number of carboxylic acid groups (broad SMARTS) is 1. The van der Waals surface area contributed by atoms with E-state index in [-0.39, 0.29) is 23.4 Å². The van der Waals surface area contributed by atoms with Gasteiger partial charge >= 0.3 is 5.97 Å². The molecule has 1 rings (SSSR count). The minimum Gasteiger partial charge on any atom is -0.481 e. The average molecular weight is 297 g/mol. The van der Waals surface area contributed by atoms with E-state index in [0.717, 1.165) is 6.20 Å². The van der Waals surface area contributed by atoms with Crippen molar-refractivity contribution in [2.75, 3.05) is 0 Å². The zero-order valence-electron chi connectivity index (χ0n) is 11.1. The number of rotatable bonds is 6. The normalized spacial score (nSPS) is 11.8. The van der Waals surface area contributed by atoms with E-state index in [0.29, 0.717) is 0 Å². The quantitative estimate of drug-likeness (QED) is 0.804. The van der Waals surface area contributed by atoms with E-state index < -0.39 is 21.5 Å². The predicted octanol–water partition coefficient (Wildman–Crippen LogP) is 0.875. The van der Waals surface area contributed by atoms with Crippen LogP contribution in [0.4, 0.5) is 0 Å². The lowest BCUT2D eigenvalue weighted by molar-refractivity contribution is -0.137. The molecule has 0 bridgehead atoms. The van der Waals surface area contributed by atoms with Crippen molar-refractivity contribution in [3.05, 3.63) is 24.0 Å². The fraction of sp³-hybridized carbons (Fsp3) is 0.417. The van der Waals surface area contributed by atoms with Gasteiger partial charge in [-0.1, -0.05) is 0 Å². The summed E-state index contributed by atoms with van der Waals surface area (Å²) in [6.07, 6.45) is 1.11. The fourth-order valence-corrected chi connectivity index (χ4v) is 2.88. The molecule has 108 valence electrons. The molecule has 20 heavy (non-hydrogen) atoms. The molecule has 0 aliphatic carbocycles. The van der Waals surface area contributed by atoms with Crippen LogP contribution in [0.2, 0.25) is 0 Å². The number of sulfonamides is 1. The summed E-state index contributed by atoms with van der Waals surface area (Å²) in [5, 5.41) is 17.2. The van der Waals surface area contributed by atoms with Crippen LogP contribution in [0.3, 0.4) is 0 Å². The summed E-state index contributed by atoms with van der Waals surface area (Å²) >= 11 is 0. The van der Waals surface area contributed by atoms with Crippen LogP contribution >= 0.6 is 0 Å². The van der Waals surface area contributed by atoms with Crippen molar-refractivity contribution in [1.29, 1.82) is 5.26 Å². The summed E-state index contributed by atoms with van der Waals surface area (Å²) in [5.41, 5.74) is -0.778. The Hall–Kier alpha value is -1.98. The molecule has 0 radical (unpaired) electrons. The molecule has 0 amide bonds. The molecule has 1 aromatic heterocycles. The smallest absolute Gasteiger partial charge is 0.303 e. The third-order valence-electron chi connectivity index (χ3n) is 2.54. The first-order chi connectivity index (χ1) is 9.16. The van der Waals surface area contributed by atoms with Crippen LogP contribution in [-0.4, -0.2) is 30.0 Å². The lowest BCUT2D eigenvalue weighted by Gasteiger charge is -2.25. The molecule has 0 atom stereocenters. The molecular formula is C12H15N3O4S. The Balaban J connectivity index is 2.88. The molecule has 0 saturated carbocycles. The second-order valence-corrected chi connectivity index (χ2v) is 6.56. The zero-order valence-corrected chi connectivity index (χ0v) is 11.9. The number of carboxylic acids is 1. The van der Waals surface area contributed by atoms with E-state index >= 15 is 0 Å². The molecule has 1 heterocycles. The van der Waals surface area contributed by atoms with Crippen molar-refractivity contribution >= 4 is 16.0 Å². The lowest BCUT2D eigenvalue weighted by Crippen LogP contribution is -2.43. The molecule has 0 unspecified atom stereocenters. The van der Waals surface area contributed by atoms with Crippen LogP contribution < -0.4 is 4.72 Å². The highest BCUT2D eigenvalue weighted by Gasteiger charge is 2.27. The van der Waals surface area contributed by atoms with Crippen molar-refractivity contribution in [2.24, 2.45) is 0 Å². The molecule has 0 aliphatic rings. The molecule has 1 aromatic rings. The predicted molar refractivity (Wildman–Crippen MR) is 70.2 cm³/mol. The van der Waals surface area contributed by atoms with Crippen molar-refractivity contribution in [2.45, 2.75) is 37.1 Å². The van der Waals surface area contributed by atoms with Gasteiger partial charge in [0.05, 0.1) is 0 Å². The van der Waals surface area contributed by atoms with Crippen LogP contribution in [0.5, 0.6) is 0 Å². The second-order valence-electron chi connectivity index (χ2n) is 4.87. The maximum absolute atomic E-state index is 12.1. The number of aromatic nitrogens is 1. The third kappa shape index (κ3) is 4.60. The van der Waals surface area contributed by atoms with Gasteiger partial charge in [-0.3, -0.25) is 4.79 Å². The Morgan fingerprint density at radius 1 is 1.50 bits per heavy atom. The topological polar surface area (TPSA) is 120 Å². The molecule has 0 aromatic carbocycles. The fourth-order valence-electron chi connectivity index (χ4n) is 1.50. The first-order valence-corrected chi connectivity index (χ1v) is 7.26. The van der Waals surface area contributed by atoms with Crippen LogP contribution in [0.15, 0.2) is 23.2 Å². The van der Waals surface area contributed by atoms with Gasteiger partial charge < -0.3 is 5.11 Å². The van der Waals surface area contributed by atoms with Crippen molar-refractivity contribution in [3.63, 3.8) is 0 Å². The number of nitrogens with one attached hydrogen (secondary N) is 1. The largest absolute Gasteiger partial charge is 0.481 e. The maximum Gasteiger partial charge on any atom is 0.303 e. The number of nitrogens with zero attached hydrogens (tertiary/aromatic N) is 2. The summed E-state index contributed by atoms with van der Waals surface area (Å²) in [7, 11) is -3.81. The zero-order chi connectivity index (χ0) is 15.4. The highest BCUT2D eigenvalue weighted by atomic mass is 32.2. The van der Waals surface area contributed by atoms with Gasteiger partial charge in [0, 0.05) is 18.2 Å². The van der Waals surface area contributed by atoms with E-state index in [9.17, 15) is 13.2 Å². The van der Waals surface area contributed by atoms with Crippen molar-refractivity contribution in [3.8, 4) is 6.07 Å². The highest BCUT2D eigenvalue weighted by Crippen LogP contribution is 2.16. The van der Waals surface area contributed by atoms with Gasteiger partial charge in [0.2, 0.25) is 10.0 Å². The Kier molecular flexibility index (Phi) is 4.81. The monoisotopic (exact) mass is 297 g/mol. The third-order valence-corrected chi connectivity index (χ3v) is 4.22. The van der Waals surface area contributed by atoms with Gasteiger partial charge in [-0.15, -0.1) is 0 Å². The summed E-state index contributed by atoms with van der Waals surface area (Å²) in [5.74, 6) is -0.989. The number of carbonyl (C=O) groups is 1. The molecule has 0 aliphatic heterocycles. The first-order valence-electron chi connectivity index (χ1n) is 5.78. The van der Waals surface area contributed by atoms with Crippen LogP contribution in [0, 0.1) is 11.3 Å². The van der Waals surface area contributed by atoms with E-state index in [1.165, 1.54) is 12.1 Å². The first kappa shape index (κ1) is 16.1. The van der Waals surface area contributed by atoms with Crippen LogP contribution in [0.25, 0.3) is 0 Å². The number of hydrogen-bond donors (Lipinski definition) is 2. The molecule has 0 saturated heterocycles. The molecule has 0 spiro atoms. The lowest BCUT2D eigenvalue weighted by atomic mass is 10.0. The van der Waals surface area contributed by atoms with Gasteiger partial charge in [0.15, 0.2) is 0 Å². The minimum atomic E-state index is -3.81. The van der Waals surface area contributed by atoms with Gasteiger partial charge in [0.1, 0.15) is 16.7 Å². The Morgan fingerprint density at radius 2 is 2.15 bits per heavy atom. The number of aliphatic carboxylic acids is 1. The standard InChI is InChI=1S/C12H15N3O4S/c1-12(2,6-5-11(16)17)15-20(18,19)10-4-3-9(7-13)14-8-10/h3-4,8,15H,5-6H2,1-2H3,(H,16,17). The SMILES string of the molecule is CC(C)(CCC(=O)O)NS(=O)(=O)c1ccc(C#N)nc1. The van der Waals surface area contributed by atoms with E-state index in [1.54, 1.807) is 19.9 Å². The van der Waals surface area contributed by atoms with Crippen LogP contribution in [0.1, 0.15) is 32.4 Å². The summed E-state index contributed by atoms with van der Waals surface area (Å²) in [4.78, 5) is 14.2. The van der Waals surface area contributed by atoms with Gasteiger partial charge in [-0.2, -0.15) is 5.26 Å². The molecule has 7 nitrogen and oxygen atoms in total. The van der Waals surface area contributed by atoms with Crippen molar-refractivity contribution in [1.82, 2.24) is 9.71 Å². The highest BCUT2D eigenvalue weighted by molar-refractivity contribution is 7.89. The minimum absolute atomic E-state index is 0.0695. The maximum atomic E-state index is 12.1. The summed E-state index contributed by atoms with van der Waals surface area (Å²) in [6.45, 7) is 3.20. The molecule has 8 heteroatoms. The molecule has 2 N–H and O–H groups in total. The van der Waals surface area contributed by atoms with E-state index in [1.807, 2.05) is 0 Å². The Labute approximate surface area is 117 Å². The molecule has 0 fully saturated rings. The molecular weight excluding hydrogens is 282 g/mol. The van der Waals surface area contributed by atoms with E-state index in [4.69, 9.17) is 10.4 Å². The Bertz CT molecular complexity index is 630. The van der Waals surface area contributed by atoms with Gasteiger partial charge in [0.25, 0.3) is 0 Å². The summed E-state index contributed by atoms with van der Waals surface area (Å²) < 4.78 is 26.6. The second kappa shape index (κ2) is 5.98. The number of nitriles is 1. The van der Waals surface area contributed by atoms with E-state index in [2.05, 4.69) is 9.71 Å². The number of hydrogen-bond acceptors (Lipinski definition) is 5. The average Bonchev–Trinajstić information content (AvgIpc) is 2.35. The van der Waals surface area contributed by atoms with Crippen molar-refractivity contribution < 1.29 is 18.3 Å².